The van der Waals surface area contributed by atoms with Crippen LogP contribution in [-0.2, 0) is 0 Å². The molecule has 1 aliphatic carbocycles. The van der Waals surface area contributed by atoms with Crippen LogP contribution in [0.25, 0.3) is 63.9 Å². The maximum absolute atomic E-state index is 6.31. The Hall–Kier alpha value is -4.93. The maximum atomic E-state index is 6.31. The first-order valence-electron chi connectivity index (χ1n) is 13.7. The van der Waals surface area contributed by atoms with E-state index in [0.29, 0.717) is 0 Å². The molecule has 1 atom stereocenters. The number of nitrogens with zero attached hydrogens (tertiary/aromatic N) is 2. The lowest BCUT2D eigenvalue weighted by atomic mass is 10.0. The summed E-state index contributed by atoms with van der Waals surface area (Å²) < 4.78 is 14.0. The largest absolute Gasteiger partial charge is 0.456 e. The third kappa shape index (κ3) is 2.52. The second kappa shape index (κ2) is 7.38. The van der Waals surface area contributed by atoms with Gasteiger partial charge in [-0.15, -0.1) is 11.3 Å². The molecule has 0 fully saturated rings. The lowest BCUT2D eigenvalue weighted by molar-refractivity contribution is 0.669. The molecule has 3 aromatic heterocycles. The zero-order valence-corrected chi connectivity index (χ0v) is 22.2. The molecule has 0 saturated heterocycles. The zero-order chi connectivity index (χ0) is 25.9. The highest BCUT2D eigenvalue weighted by Gasteiger charge is 2.38. The van der Waals surface area contributed by atoms with Gasteiger partial charge in [-0.25, -0.2) is 0 Å². The van der Waals surface area contributed by atoms with Crippen LogP contribution in [0.1, 0.15) is 6.04 Å². The number of para-hydroxylation sites is 2. The van der Waals surface area contributed by atoms with Crippen LogP contribution in [-0.4, -0.2) is 10.3 Å². The highest BCUT2D eigenvalue weighted by Crippen LogP contribution is 2.47. The SMILES string of the molecule is C1=CC2=[N+](c3ccc4sc5ccccc5c4c3)c3cccc4c5c6c(ccc5n(c34)C2C=C1)oc1ccccc16. The average Bonchev–Trinajstić information content (AvgIpc) is 3.67. The van der Waals surface area contributed by atoms with Gasteiger partial charge in [0.15, 0.2) is 0 Å². The summed E-state index contributed by atoms with van der Waals surface area (Å²) in [6, 6.07) is 35.3. The van der Waals surface area contributed by atoms with Gasteiger partial charge in [0.05, 0.1) is 5.52 Å². The molecular formula is C36H21N2OS+. The first-order valence-corrected chi connectivity index (χ1v) is 14.5. The van der Waals surface area contributed by atoms with E-state index < -0.39 is 0 Å². The molecule has 0 N–H and O–H groups in total. The predicted molar refractivity (Wildman–Crippen MR) is 170 cm³/mol. The molecule has 8 aromatic rings. The van der Waals surface area contributed by atoms with Crippen LogP contribution in [0.15, 0.2) is 126 Å². The second-order valence-corrected chi connectivity index (χ2v) is 11.8. The molecule has 4 heteroatoms. The molecule has 2 aliphatic rings. The Morgan fingerprint density at radius 3 is 2.50 bits per heavy atom. The Bertz CT molecular complexity index is 2500. The first-order chi connectivity index (χ1) is 19.8. The summed E-state index contributed by atoms with van der Waals surface area (Å²) >= 11 is 1.87. The van der Waals surface area contributed by atoms with E-state index in [1.807, 2.05) is 17.4 Å². The van der Waals surface area contributed by atoms with Crippen molar-refractivity contribution in [3.63, 3.8) is 0 Å². The topological polar surface area (TPSA) is 21.1 Å². The summed E-state index contributed by atoms with van der Waals surface area (Å²) in [5, 5.41) is 7.53. The summed E-state index contributed by atoms with van der Waals surface area (Å²) in [7, 11) is 0. The molecule has 5 aromatic carbocycles. The molecule has 0 saturated carbocycles. The van der Waals surface area contributed by atoms with E-state index in [1.54, 1.807) is 0 Å². The fourth-order valence-electron chi connectivity index (χ4n) is 7.08. The van der Waals surface area contributed by atoms with E-state index in [9.17, 15) is 0 Å². The van der Waals surface area contributed by atoms with Crippen molar-refractivity contribution in [2.45, 2.75) is 6.04 Å². The summed E-state index contributed by atoms with van der Waals surface area (Å²) in [6.07, 6.45) is 8.95. The van der Waals surface area contributed by atoms with Crippen LogP contribution < -0.4 is 4.58 Å². The third-order valence-electron chi connectivity index (χ3n) is 8.68. The fourth-order valence-corrected chi connectivity index (χ4v) is 8.17. The summed E-state index contributed by atoms with van der Waals surface area (Å²) in [5.41, 5.74) is 8.03. The number of hydrogen-bond donors (Lipinski definition) is 0. The monoisotopic (exact) mass is 529 g/mol. The molecule has 1 unspecified atom stereocenters. The molecular weight excluding hydrogens is 508 g/mol. The van der Waals surface area contributed by atoms with Gasteiger partial charge >= 0.3 is 0 Å². The predicted octanol–water partition coefficient (Wildman–Crippen LogP) is 10.0. The zero-order valence-electron chi connectivity index (χ0n) is 21.3. The van der Waals surface area contributed by atoms with Gasteiger partial charge in [-0.2, -0.15) is 4.58 Å². The number of fused-ring (bicyclic) bond motifs is 12. The van der Waals surface area contributed by atoms with Crippen LogP contribution in [0.2, 0.25) is 0 Å². The van der Waals surface area contributed by atoms with Crippen LogP contribution >= 0.6 is 11.3 Å². The van der Waals surface area contributed by atoms with Gasteiger partial charge in [0.25, 0.3) is 0 Å². The van der Waals surface area contributed by atoms with Gasteiger partial charge in [0.1, 0.15) is 22.7 Å². The number of thiophene rings is 1. The molecule has 0 radical (unpaired) electrons. The molecule has 1 aliphatic heterocycles. The van der Waals surface area contributed by atoms with Crippen molar-refractivity contribution in [1.82, 2.24) is 9.14 Å². The van der Waals surface area contributed by atoms with Crippen LogP contribution in [0, 0.1) is 0 Å². The highest BCUT2D eigenvalue weighted by atomic mass is 32.1. The number of furan rings is 1. The molecule has 0 bridgehead atoms. The van der Waals surface area contributed by atoms with Crippen molar-refractivity contribution >= 4 is 92.3 Å². The fraction of sp³-hybridized carbons (Fsp3) is 0.0278. The molecule has 186 valence electrons. The van der Waals surface area contributed by atoms with Gasteiger partial charge in [-0.3, -0.25) is 0 Å². The molecule has 40 heavy (non-hydrogen) atoms. The Balaban J connectivity index is 1.35. The van der Waals surface area contributed by atoms with E-state index >= 15 is 0 Å². The number of aromatic nitrogens is 1. The smallest absolute Gasteiger partial charge is 0.235 e. The van der Waals surface area contributed by atoms with Crippen molar-refractivity contribution in [3.8, 4) is 0 Å². The van der Waals surface area contributed by atoms with E-state index in [1.165, 1.54) is 69.8 Å². The number of rotatable bonds is 1. The van der Waals surface area contributed by atoms with Gasteiger partial charge in [-0.1, -0.05) is 66.8 Å². The second-order valence-electron chi connectivity index (χ2n) is 10.7. The minimum Gasteiger partial charge on any atom is -0.456 e. The number of benzene rings is 5. The van der Waals surface area contributed by atoms with Gasteiger partial charge in [-0.05, 0) is 30.3 Å². The Morgan fingerprint density at radius 2 is 1.52 bits per heavy atom. The number of allylic oxidation sites excluding steroid dienone is 4. The van der Waals surface area contributed by atoms with Crippen molar-refractivity contribution in [2.75, 3.05) is 0 Å². The first kappa shape index (κ1) is 21.0. The molecule has 3 nitrogen and oxygen atoms in total. The Kier molecular flexibility index (Phi) is 3.87. The van der Waals surface area contributed by atoms with Crippen LogP contribution in [0.3, 0.4) is 0 Å². The molecule has 0 spiro atoms. The Morgan fingerprint density at radius 1 is 0.675 bits per heavy atom. The minimum atomic E-state index is 0.0884. The van der Waals surface area contributed by atoms with Crippen molar-refractivity contribution in [3.05, 3.63) is 121 Å². The summed E-state index contributed by atoms with van der Waals surface area (Å²) in [6.45, 7) is 0. The van der Waals surface area contributed by atoms with Crippen LogP contribution in [0.4, 0.5) is 11.4 Å². The lowest BCUT2D eigenvalue weighted by Crippen LogP contribution is -2.30. The standard InChI is InChI=1S/C36H21N2OS/c1-5-14-30-23(9-1)35-31(39-30)18-17-28-34(35)24-10-7-13-29-36(24)38(28)27-12-4-3-11-26(27)37(29)21-16-19-33-25(20-21)22-8-2-6-15-32(22)40-33/h1-20,27H/q+1. The van der Waals surface area contributed by atoms with Gasteiger partial charge in [0.2, 0.25) is 17.1 Å². The van der Waals surface area contributed by atoms with Crippen LogP contribution in [0.5, 0.6) is 0 Å². The van der Waals surface area contributed by atoms with E-state index in [0.717, 1.165) is 11.2 Å². The minimum absolute atomic E-state index is 0.0884. The van der Waals surface area contributed by atoms with Crippen molar-refractivity contribution < 1.29 is 4.42 Å². The average molecular weight is 530 g/mol. The highest BCUT2D eigenvalue weighted by molar-refractivity contribution is 7.25. The normalized spacial score (nSPS) is 16.4. The van der Waals surface area contributed by atoms with Gasteiger partial charge in [0, 0.05) is 66.0 Å². The van der Waals surface area contributed by atoms with E-state index in [-0.39, 0.29) is 6.04 Å². The quantitative estimate of drug-likeness (QED) is 0.194. The molecule has 0 amide bonds. The summed E-state index contributed by atoms with van der Waals surface area (Å²) in [4.78, 5) is 0. The number of hydrogen-bond acceptors (Lipinski definition) is 2. The Labute approximate surface area is 232 Å². The lowest BCUT2D eigenvalue weighted by Gasteiger charge is -2.24. The van der Waals surface area contributed by atoms with E-state index in [2.05, 4.69) is 124 Å². The maximum Gasteiger partial charge on any atom is 0.235 e. The van der Waals surface area contributed by atoms with E-state index in [4.69, 9.17) is 4.42 Å². The van der Waals surface area contributed by atoms with Crippen molar-refractivity contribution in [1.29, 1.82) is 0 Å². The summed E-state index contributed by atoms with van der Waals surface area (Å²) in [5.74, 6) is 0. The van der Waals surface area contributed by atoms with Gasteiger partial charge < -0.3 is 8.98 Å². The third-order valence-corrected chi connectivity index (χ3v) is 9.83. The molecule has 10 rings (SSSR count). The van der Waals surface area contributed by atoms with Crippen molar-refractivity contribution in [2.24, 2.45) is 0 Å². The molecule has 4 heterocycles.